The minimum atomic E-state index is 0.267. The van der Waals surface area contributed by atoms with Gasteiger partial charge in [0.2, 0.25) is 0 Å². The van der Waals surface area contributed by atoms with Gasteiger partial charge >= 0.3 is 0 Å². The lowest BCUT2D eigenvalue weighted by atomic mass is 9.76. The van der Waals surface area contributed by atoms with Gasteiger partial charge in [-0.05, 0) is 67.7 Å². The van der Waals surface area contributed by atoms with Crippen molar-refractivity contribution in [2.45, 2.75) is 78.7 Å². The Kier molecular flexibility index (Phi) is 6.05. The number of rotatable bonds is 5. The molecule has 39 heavy (non-hydrogen) atoms. The Balaban J connectivity index is 1.23. The molecule has 4 aromatic rings. The topological polar surface area (TPSA) is 79.8 Å². The van der Waals surface area contributed by atoms with Crippen molar-refractivity contribution in [3.63, 3.8) is 0 Å². The van der Waals surface area contributed by atoms with Gasteiger partial charge in [0.1, 0.15) is 29.8 Å². The molecule has 1 saturated carbocycles. The van der Waals surface area contributed by atoms with Gasteiger partial charge in [0, 0.05) is 41.5 Å². The maximum Gasteiger partial charge on any atom is 0.177 e. The second kappa shape index (κ2) is 9.61. The number of H-pyrrole nitrogens is 1. The Hall–Kier alpha value is -3.48. The smallest absolute Gasteiger partial charge is 0.177 e. The highest BCUT2D eigenvalue weighted by Crippen LogP contribution is 2.40. The first-order chi connectivity index (χ1) is 18.9. The number of aromatic amines is 1. The van der Waals surface area contributed by atoms with Crippen molar-refractivity contribution >= 4 is 17.0 Å². The van der Waals surface area contributed by atoms with E-state index in [9.17, 15) is 0 Å². The van der Waals surface area contributed by atoms with E-state index >= 15 is 0 Å². The summed E-state index contributed by atoms with van der Waals surface area (Å²) in [6, 6.07) is 8.64. The summed E-state index contributed by atoms with van der Waals surface area (Å²) in [6.45, 7) is 8.95. The Bertz CT molecular complexity index is 1540. The average Bonchev–Trinajstić information content (AvgIpc) is 3.13. The maximum absolute atomic E-state index is 6.26. The van der Waals surface area contributed by atoms with Crippen molar-refractivity contribution in [2.75, 3.05) is 18.1 Å². The molecule has 7 heteroatoms. The number of ether oxygens (including phenoxy) is 1. The third kappa shape index (κ3) is 4.88. The number of aryl methyl sites for hydroxylation is 3. The Morgan fingerprint density at radius 2 is 2.00 bits per heavy atom. The molecule has 7 rings (SSSR count). The van der Waals surface area contributed by atoms with Crippen molar-refractivity contribution in [3.05, 3.63) is 58.9 Å². The van der Waals surface area contributed by atoms with Crippen molar-refractivity contribution in [3.8, 4) is 16.9 Å². The first kappa shape index (κ1) is 24.6. The third-order valence-electron chi connectivity index (χ3n) is 8.94. The van der Waals surface area contributed by atoms with E-state index in [4.69, 9.17) is 14.7 Å². The van der Waals surface area contributed by atoms with E-state index in [1.807, 2.05) is 13.1 Å². The number of pyridine rings is 1. The van der Waals surface area contributed by atoms with Gasteiger partial charge in [0.25, 0.3) is 0 Å². The highest BCUT2D eigenvalue weighted by Gasteiger charge is 2.32. The number of imidazole rings is 1. The number of aromatic nitrogens is 5. The molecule has 0 saturated heterocycles. The van der Waals surface area contributed by atoms with Crippen molar-refractivity contribution < 1.29 is 4.74 Å². The Morgan fingerprint density at radius 3 is 2.85 bits per heavy atom. The van der Waals surface area contributed by atoms with E-state index < -0.39 is 0 Å². The minimum absolute atomic E-state index is 0.267. The first-order valence-corrected chi connectivity index (χ1v) is 14.6. The van der Waals surface area contributed by atoms with Gasteiger partial charge in [-0.3, -0.25) is 0 Å². The van der Waals surface area contributed by atoms with Crippen LogP contribution in [0.2, 0.25) is 0 Å². The maximum atomic E-state index is 6.26. The number of nitrogens with zero attached hydrogens (tertiary/aromatic N) is 5. The van der Waals surface area contributed by atoms with Crippen molar-refractivity contribution in [2.24, 2.45) is 11.3 Å². The summed E-state index contributed by atoms with van der Waals surface area (Å²) in [7, 11) is 0. The normalized spacial score (nSPS) is 18.7. The lowest BCUT2D eigenvalue weighted by molar-refractivity contribution is 0.293. The standard InChI is InChI=1S/C32H38N6O/c1-20-34-27-16-23(18-33-30(27)35-20)22-8-9-28-24(15-22)19-38(13-14-39-28)31-25-17-32(2,3)12-11-26(25)36-29(37-31)10-7-21-5-4-6-21/h8-9,15-16,18,21H,4-7,10-14,17,19H2,1-3H3,(H,33,34,35). The molecule has 0 unspecified atom stereocenters. The highest BCUT2D eigenvalue weighted by molar-refractivity contribution is 5.78. The summed E-state index contributed by atoms with van der Waals surface area (Å²) in [5, 5.41) is 0. The zero-order chi connectivity index (χ0) is 26.6. The molecule has 0 spiro atoms. The van der Waals surface area contributed by atoms with Crippen molar-refractivity contribution in [1.29, 1.82) is 0 Å². The van der Waals surface area contributed by atoms with E-state index in [1.54, 1.807) is 0 Å². The molecular formula is C32H38N6O. The van der Waals surface area contributed by atoms with E-state index in [2.05, 4.69) is 58.0 Å². The molecule has 0 bridgehead atoms. The fourth-order valence-corrected chi connectivity index (χ4v) is 6.40. The largest absolute Gasteiger partial charge is 0.491 e. The first-order valence-electron chi connectivity index (χ1n) is 14.6. The van der Waals surface area contributed by atoms with Crippen LogP contribution in [0.3, 0.4) is 0 Å². The quantitative estimate of drug-likeness (QED) is 0.328. The molecular weight excluding hydrogens is 484 g/mol. The molecule has 3 aliphatic rings. The number of hydrogen-bond donors (Lipinski definition) is 1. The van der Waals surface area contributed by atoms with Crippen LogP contribution in [0.1, 0.15) is 74.4 Å². The number of fused-ring (bicyclic) bond motifs is 3. The summed E-state index contributed by atoms with van der Waals surface area (Å²) in [5.41, 5.74) is 8.00. The van der Waals surface area contributed by atoms with Crippen LogP contribution in [0.5, 0.6) is 5.75 Å². The Morgan fingerprint density at radius 1 is 1.10 bits per heavy atom. The van der Waals surface area contributed by atoms with Crippen LogP contribution in [0.15, 0.2) is 30.5 Å². The number of nitrogens with one attached hydrogen (secondary N) is 1. The number of hydrogen-bond acceptors (Lipinski definition) is 6. The van der Waals surface area contributed by atoms with E-state index in [0.29, 0.717) is 6.61 Å². The van der Waals surface area contributed by atoms with Crippen LogP contribution in [-0.4, -0.2) is 38.1 Å². The van der Waals surface area contributed by atoms with Crippen LogP contribution in [0.25, 0.3) is 22.3 Å². The lowest BCUT2D eigenvalue weighted by Crippen LogP contribution is -2.32. The van der Waals surface area contributed by atoms with Gasteiger partial charge in [-0.15, -0.1) is 0 Å². The third-order valence-corrected chi connectivity index (χ3v) is 8.94. The molecule has 1 fully saturated rings. The van der Waals surface area contributed by atoms with Gasteiger partial charge in [-0.25, -0.2) is 19.9 Å². The predicted molar refractivity (Wildman–Crippen MR) is 154 cm³/mol. The molecule has 1 aromatic carbocycles. The molecule has 7 nitrogen and oxygen atoms in total. The molecule has 0 atom stereocenters. The van der Waals surface area contributed by atoms with Gasteiger partial charge in [0.15, 0.2) is 5.65 Å². The van der Waals surface area contributed by atoms with Crippen LogP contribution >= 0.6 is 0 Å². The van der Waals surface area contributed by atoms with Crippen molar-refractivity contribution in [1.82, 2.24) is 24.9 Å². The van der Waals surface area contributed by atoms with E-state index in [1.165, 1.54) is 48.9 Å². The second-order valence-electron chi connectivity index (χ2n) is 12.6. The van der Waals surface area contributed by atoms with Gasteiger partial charge in [-0.1, -0.05) is 39.2 Å². The molecule has 1 aliphatic heterocycles. The molecule has 4 heterocycles. The Labute approximate surface area is 230 Å². The van der Waals surface area contributed by atoms with Gasteiger partial charge in [-0.2, -0.15) is 0 Å². The molecule has 0 radical (unpaired) electrons. The molecule has 0 amide bonds. The number of benzene rings is 1. The monoisotopic (exact) mass is 522 g/mol. The molecule has 1 N–H and O–H groups in total. The lowest BCUT2D eigenvalue weighted by Gasteiger charge is -2.34. The predicted octanol–water partition coefficient (Wildman–Crippen LogP) is 6.37. The zero-order valence-electron chi connectivity index (χ0n) is 23.4. The van der Waals surface area contributed by atoms with Crippen LogP contribution in [0.4, 0.5) is 5.82 Å². The number of anilines is 1. The summed E-state index contributed by atoms with van der Waals surface area (Å²) >= 11 is 0. The van der Waals surface area contributed by atoms with Crippen LogP contribution in [0, 0.1) is 18.3 Å². The van der Waals surface area contributed by atoms with Crippen LogP contribution in [-0.2, 0) is 25.8 Å². The van der Waals surface area contributed by atoms with E-state index in [0.717, 1.165) is 83.8 Å². The fourth-order valence-electron chi connectivity index (χ4n) is 6.40. The molecule has 2 aliphatic carbocycles. The molecule has 202 valence electrons. The van der Waals surface area contributed by atoms with E-state index in [-0.39, 0.29) is 5.41 Å². The summed E-state index contributed by atoms with van der Waals surface area (Å²) in [6.07, 6.45) is 11.5. The fraction of sp³-hybridized carbons (Fsp3) is 0.500. The highest BCUT2D eigenvalue weighted by atomic mass is 16.5. The SMILES string of the molecule is Cc1nc2ncc(-c3ccc4c(c3)CN(c3nc(CCC5CCC5)nc5c3CC(C)(C)CC5)CCO4)cc2[nH]1. The summed E-state index contributed by atoms with van der Waals surface area (Å²) in [4.78, 5) is 25.2. The van der Waals surface area contributed by atoms with Gasteiger partial charge in [0.05, 0.1) is 12.1 Å². The average molecular weight is 523 g/mol. The summed E-state index contributed by atoms with van der Waals surface area (Å²) in [5.74, 6) is 4.87. The van der Waals surface area contributed by atoms with Gasteiger partial charge < -0.3 is 14.6 Å². The minimum Gasteiger partial charge on any atom is -0.491 e. The molecule has 3 aromatic heterocycles. The van der Waals surface area contributed by atoms with Crippen LogP contribution < -0.4 is 9.64 Å². The zero-order valence-corrected chi connectivity index (χ0v) is 23.4. The second-order valence-corrected chi connectivity index (χ2v) is 12.6. The summed E-state index contributed by atoms with van der Waals surface area (Å²) < 4.78 is 6.26.